The molecule has 0 spiro atoms. The van der Waals surface area contributed by atoms with E-state index in [1.807, 2.05) is 13.8 Å². The number of hydrogen-bond donors (Lipinski definition) is 0. The summed E-state index contributed by atoms with van der Waals surface area (Å²) in [7, 11) is 0. The summed E-state index contributed by atoms with van der Waals surface area (Å²) >= 11 is 1.65. The summed E-state index contributed by atoms with van der Waals surface area (Å²) in [4.78, 5) is 33.1. The van der Waals surface area contributed by atoms with Crippen LogP contribution in [-0.4, -0.2) is 21.6 Å². The van der Waals surface area contributed by atoms with Crippen LogP contribution < -0.4 is 5.56 Å². The zero-order chi connectivity index (χ0) is 19.0. The number of esters is 1. The van der Waals surface area contributed by atoms with Gasteiger partial charge in [0.1, 0.15) is 22.8 Å². The van der Waals surface area contributed by atoms with E-state index in [0.717, 1.165) is 55.2 Å². The molecule has 0 saturated heterocycles. The maximum absolute atomic E-state index is 13.4. The normalized spacial score (nSPS) is 19.0. The Morgan fingerprint density at radius 1 is 1.22 bits per heavy atom. The largest absolute Gasteiger partial charge is 0.461 e. The predicted molar refractivity (Wildman–Crippen MR) is 108 cm³/mol. The van der Waals surface area contributed by atoms with Gasteiger partial charge in [-0.15, -0.1) is 11.3 Å². The summed E-state index contributed by atoms with van der Waals surface area (Å²) in [6, 6.07) is -0.588. The van der Waals surface area contributed by atoms with Gasteiger partial charge in [-0.1, -0.05) is 13.3 Å². The van der Waals surface area contributed by atoms with E-state index in [-0.39, 0.29) is 17.6 Å². The van der Waals surface area contributed by atoms with Crippen molar-refractivity contribution in [3.05, 3.63) is 26.6 Å². The van der Waals surface area contributed by atoms with Crippen LogP contribution in [0.1, 0.15) is 80.6 Å². The SMILES string of the molecule is CCC(C(=O)OC1CCCCC1)n1c(C)nc2sc3c(c2c1=O)CCCC3. The average Bonchev–Trinajstić information content (AvgIpc) is 3.04. The van der Waals surface area contributed by atoms with Crippen molar-refractivity contribution in [2.75, 3.05) is 0 Å². The van der Waals surface area contributed by atoms with Crippen LogP contribution >= 0.6 is 11.3 Å². The first kappa shape index (κ1) is 18.7. The topological polar surface area (TPSA) is 61.2 Å². The number of aromatic nitrogens is 2. The van der Waals surface area contributed by atoms with Crippen LogP contribution in [0.15, 0.2) is 4.79 Å². The maximum atomic E-state index is 13.4. The van der Waals surface area contributed by atoms with Crippen molar-refractivity contribution in [1.82, 2.24) is 9.55 Å². The summed E-state index contributed by atoms with van der Waals surface area (Å²) in [6.45, 7) is 3.77. The van der Waals surface area contributed by atoms with E-state index in [4.69, 9.17) is 9.72 Å². The lowest BCUT2D eigenvalue weighted by Gasteiger charge is -2.25. The fourth-order valence-electron chi connectivity index (χ4n) is 4.57. The first-order valence-electron chi connectivity index (χ1n) is 10.3. The summed E-state index contributed by atoms with van der Waals surface area (Å²) in [5, 5.41) is 0.740. The van der Waals surface area contributed by atoms with Gasteiger partial charge in [-0.2, -0.15) is 0 Å². The van der Waals surface area contributed by atoms with Crippen molar-refractivity contribution < 1.29 is 9.53 Å². The van der Waals surface area contributed by atoms with Crippen LogP contribution in [0.5, 0.6) is 0 Å². The van der Waals surface area contributed by atoms with Crippen LogP contribution in [0.2, 0.25) is 0 Å². The summed E-state index contributed by atoms with van der Waals surface area (Å²) in [6.07, 6.45) is 10.1. The molecule has 0 N–H and O–H groups in total. The minimum absolute atomic E-state index is 0.00176. The number of carbonyl (C=O) groups excluding carboxylic acids is 1. The Kier molecular flexibility index (Phi) is 5.35. The molecule has 146 valence electrons. The second-order valence-corrected chi connectivity index (χ2v) is 8.93. The molecular formula is C21H28N2O3S. The highest BCUT2D eigenvalue weighted by Crippen LogP contribution is 2.34. The zero-order valence-corrected chi connectivity index (χ0v) is 17.1. The van der Waals surface area contributed by atoms with E-state index >= 15 is 0 Å². The lowest BCUT2D eigenvalue weighted by molar-refractivity contribution is -0.155. The van der Waals surface area contributed by atoms with Crippen molar-refractivity contribution in [2.45, 2.75) is 90.2 Å². The Morgan fingerprint density at radius 2 is 1.96 bits per heavy atom. The van der Waals surface area contributed by atoms with Gasteiger partial charge >= 0.3 is 5.97 Å². The highest BCUT2D eigenvalue weighted by atomic mass is 32.1. The van der Waals surface area contributed by atoms with Gasteiger partial charge in [0, 0.05) is 4.88 Å². The lowest BCUT2D eigenvalue weighted by atomic mass is 9.97. The highest BCUT2D eigenvalue weighted by molar-refractivity contribution is 7.18. The molecule has 1 atom stereocenters. The molecule has 5 nitrogen and oxygen atoms in total. The lowest BCUT2D eigenvalue weighted by Crippen LogP contribution is -2.35. The molecule has 2 aromatic heterocycles. The van der Waals surface area contributed by atoms with Gasteiger partial charge in [0.15, 0.2) is 0 Å². The minimum atomic E-state index is -0.588. The molecule has 0 aromatic carbocycles. The fraction of sp³-hybridized carbons (Fsp3) is 0.667. The Balaban J connectivity index is 1.72. The molecule has 0 bridgehead atoms. The number of aryl methyl sites for hydroxylation is 3. The minimum Gasteiger partial charge on any atom is -0.461 e. The van der Waals surface area contributed by atoms with Crippen molar-refractivity contribution in [2.24, 2.45) is 0 Å². The highest BCUT2D eigenvalue weighted by Gasteiger charge is 2.29. The molecule has 1 fully saturated rings. The van der Waals surface area contributed by atoms with Crippen molar-refractivity contribution in [3.8, 4) is 0 Å². The van der Waals surface area contributed by atoms with Gasteiger partial charge in [-0.25, -0.2) is 9.78 Å². The predicted octanol–water partition coefficient (Wildman–Crippen LogP) is 4.47. The van der Waals surface area contributed by atoms with Crippen LogP contribution in [0.25, 0.3) is 10.2 Å². The number of nitrogens with zero attached hydrogens (tertiary/aromatic N) is 2. The Morgan fingerprint density at radius 3 is 2.70 bits per heavy atom. The smallest absolute Gasteiger partial charge is 0.329 e. The second-order valence-electron chi connectivity index (χ2n) is 7.85. The molecule has 27 heavy (non-hydrogen) atoms. The number of carbonyl (C=O) groups is 1. The van der Waals surface area contributed by atoms with Crippen LogP contribution in [0.4, 0.5) is 0 Å². The van der Waals surface area contributed by atoms with Crippen molar-refractivity contribution in [1.29, 1.82) is 0 Å². The molecule has 2 aromatic rings. The quantitative estimate of drug-likeness (QED) is 0.725. The van der Waals surface area contributed by atoms with Crippen LogP contribution in [0, 0.1) is 6.92 Å². The summed E-state index contributed by atoms with van der Waals surface area (Å²) in [5.41, 5.74) is 1.10. The van der Waals surface area contributed by atoms with Crippen molar-refractivity contribution in [3.63, 3.8) is 0 Å². The number of ether oxygens (including phenoxy) is 1. The third-order valence-corrected chi connectivity index (χ3v) is 7.19. The van der Waals surface area contributed by atoms with Gasteiger partial charge < -0.3 is 4.74 Å². The third-order valence-electron chi connectivity index (χ3n) is 6.00. The molecule has 1 saturated carbocycles. The number of hydrogen-bond acceptors (Lipinski definition) is 5. The van der Waals surface area contributed by atoms with Gasteiger partial charge in [0.25, 0.3) is 5.56 Å². The maximum Gasteiger partial charge on any atom is 0.329 e. The van der Waals surface area contributed by atoms with E-state index < -0.39 is 6.04 Å². The Bertz CT molecular complexity index is 908. The second kappa shape index (κ2) is 7.74. The molecule has 0 amide bonds. The molecule has 2 aliphatic rings. The summed E-state index contributed by atoms with van der Waals surface area (Å²) < 4.78 is 7.38. The van der Waals surface area contributed by atoms with Gasteiger partial charge in [0.05, 0.1) is 5.39 Å². The molecule has 0 radical (unpaired) electrons. The fourth-order valence-corrected chi connectivity index (χ4v) is 5.86. The number of fused-ring (bicyclic) bond motifs is 3. The van der Waals surface area contributed by atoms with Crippen LogP contribution in [-0.2, 0) is 22.4 Å². The molecule has 2 heterocycles. The van der Waals surface area contributed by atoms with Gasteiger partial charge in [0.2, 0.25) is 0 Å². The molecular weight excluding hydrogens is 360 g/mol. The van der Waals surface area contributed by atoms with Gasteiger partial charge in [-0.05, 0) is 70.3 Å². The van der Waals surface area contributed by atoms with E-state index in [1.54, 1.807) is 15.9 Å². The van der Waals surface area contributed by atoms with E-state index in [0.29, 0.717) is 12.2 Å². The number of thiophene rings is 1. The van der Waals surface area contributed by atoms with Crippen LogP contribution in [0.3, 0.4) is 0 Å². The van der Waals surface area contributed by atoms with E-state index in [9.17, 15) is 9.59 Å². The molecule has 1 unspecified atom stereocenters. The first-order chi connectivity index (χ1) is 13.1. The standard InChI is InChI=1S/C21H28N2O3S/c1-3-16(21(25)26-14-9-5-4-6-10-14)23-13(2)22-19-18(20(23)24)15-11-7-8-12-17(15)27-19/h14,16H,3-12H2,1-2H3. The Hall–Kier alpha value is -1.69. The molecule has 0 aliphatic heterocycles. The Labute approximate surface area is 163 Å². The molecule has 2 aliphatic carbocycles. The van der Waals surface area contributed by atoms with E-state index in [2.05, 4.69) is 0 Å². The monoisotopic (exact) mass is 388 g/mol. The number of rotatable bonds is 4. The average molecular weight is 389 g/mol. The first-order valence-corrected chi connectivity index (χ1v) is 11.2. The molecule has 6 heteroatoms. The third kappa shape index (κ3) is 3.44. The van der Waals surface area contributed by atoms with Gasteiger partial charge in [-0.3, -0.25) is 9.36 Å². The van der Waals surface area contributed by atoms with Crippen molar-refractivity contribution >= 4 is 27.5 Å². The summed E-state index contributed by atoms with van der Waals surface area (Å²) in [5.74, 6) is 0.332. The molecule has 4 rings (SSSR count). The zero-order valence-electron chi connectivity index (χ0n) is 16.3. The van der Waals surface area contributed by atoms with E-state index in [1.165, 1.54) is 23.3 Å².